The smallest absolute Gasteiger partial charge is 0.308 e. The van der Waals surface area contributed by atoms with E-state index in [9.17, 15) is 18.0 Å². The van der Waals surface area contributed by atoms with Crippen molar-refractivity contribution in [1.29, 1.82) is 0 Å². The molecule has 8 heteroatoms. The van der Waals surface area contributed by atoms with Crippen molar-refractivity contribution in [2.45, 2.75) is 26.7 Å². The molecule has 1 aliphatic rings. The van der Waals surface area contributed by atoms with Gasteiger partial charge < -0.3 is 10.0 Å². The first-order valence-corrected chi connectivity index (χ1v) is 8.41. The van der Waals surface area contributed by atoms with Gasteiger partial charge in [-0.3, -0.25) is 9.59 Å². The van der Waals surface area contributed by atoms with Crippen LogP contribution in [0.1, 0.15) is 26.7 Å². The Morgan fingerprint density at radius 1 is 1.30 bits per heavy atom. The summed E-state index contributed by atoms with van der Waals surface area (Å²) in [6, 6.07) is 0. The van der Waals surface area contributed by atoms with Gasteiger partial charge in [0.05, 0.1) is 5.92 Å². The monoisotopic (exact) mass is 306 g/mol. The average molecular weight is 306 g/mol. The highest BCUT2D eigenvalue weighted by atomic mass is 32.2. The highest BCUT2D eigenvalue weighted by Gasteiger charge is 2.31. The molecule has 1 N–H and O–H groups in total. The lowest BCUT2D eigenvalue weighted by molar-refractivity contribution is -0.145. The zero-order valence-corrected chi connectivity index (χ0v) is 12.7. The lowest BCUT2D eigenvalue weighted by Crippen LogP contribution is -2.46. The van der Waals surface area contributed by atoms with Crippen molar-refractivity contribution in [3.05, 3.63) is 0 Å². The van der Waals surface area contributed by atoms with E-state index in [1.165, 1.54) is 9.21 Å². The minimum atomic E-state index is -3.61. The Hall–Kier alpha value is -1.15. The van der Waals surface area contributed by atoms with Gasteiger partial charge in [0.1, 0.15) is 5.75 Å². The summed E-state index contributed by atoms with van der Waals surface area (Å²) in [6.45, 7) is 4.60. The normalized spacial score (nSPS) is 20.1. The maximum absolute atomic E-state index is 12.0. The van der Waals surface area contributed by atoms with Crippen molar-refractivity contribution in [3.63, 3.8) is 0 Å². The molecule has 0 aliphatic carbocycles. The molecule has 1 saturated heterocycles. The number of aliphatic carboxylic acids is 1. The Morgan fingerprint density at radius 2 is 1.90 bits per heavy atom. The Bertz CT molecular complexity index is 458. The van der Waals surface area contributed by atoms with Gasteiger partial charge in [0.2, 0.25) is 15.9 Å². The van der Waals surface area contributed by atoms with Gasteiger partial charge in [-0.2, -0.15) is 0 Å². The molecule has 0 aromatic heterocycles. The molecule has 1 rings (SSSR count). The summed E-state index contributed by atoms with van der Waals surface area (Å²) in [6.07, 6.45) is 1.12. The maximum Gasteiger partial charge on any atom is 0.308 e. The molecule has 1 atom stereocenters. The summed E-state index contributed by atoms with van der Waals surface area (Å²) in [7, 11) is -3.61. The first-order chi connectivity index (χ1) is 9.31. The highest BCUT2D eigenvalue weighted by molar-refractivity contribution is 7.89. The van der Waals surface area contributed by atoms with Crippen LogP contribution in [0.3, 0.4) is 0 Å². The zero-order chi connectivity index (χ0) is 15.3. The van der Waals surface area contributed by atoms with E-state index in [2.05, 4.69) is 0 Å². The van der Waals surface area contributed by atoms with Gasteiger partial charge in [-0.05, 0) is 12.8 Å². The van der Waals surface area contributed by atoms with Crippen molar-refractivity contribution >= 4 is 21.9 Å². The minimum Gasteiger partial charge on any atom is -0.481 e. The third-order valence-electron chi connectivity index (χ3n) is 3.53. The van der Waals surface area contributed by atoms with Crippen LogP contribution in [0.5, 0.6) is 0 Å². The van der Waals surface area contributed by atoms with Gasteiger partial charge in [0.25, 0.3) is 0 Å². The van der Waals surface area contributed by atoms with Crippen LogP contribution in [-0.4, -0.2) is 66.5 Å². The number of rotatable bonds is 6. The Labute approximate surface area is 119 Å². The molecule has 1 fully saturated rings. The summed E-state index contributed by atoms with van der Waals surface area (Å²) >= 11 is 0. The van der Waals surface area contributed by atoms with Gasteiger partial charge in [0.15, 0.2) is 0 Å². The third-order valence-corrected chi connectivity index (χ3v) is 5.44. The molecule has 1 amide bonds. The van der Waals surface area contributed by atoms with Crippen LogP contribution in [0.2, 0.25) is 0 Å². The van der Waals surface area contributed by atoms with Crippen molar-refractivity contribution in [3.8, 4) is 0 Å². The molecule has 20 heavy (non-hydrogen) atoms. The van der Waals surface area contributed by atoms with Crippen molar-refractivity contribution in [1.82, 2.24) is 9.21 Å². The van der Waals surface area contributed by atoms with Crippen molar-refractivity contribution in [2.24, 2.45) is 5.92 Å². The number of likely N-dealkylation sites (tertiary alicyclic amines) is 1. The topological polar surface area (TPSA) is 95.0 Å². The number of carboxylic acid groups (broad SMARTS) is 1. The number of hydrogen-bond acceptors (Lipinski definition) is 4. The molecule has 0 saturated carbocycles. The quantitative estimate of drug-likeness (QED) is 0.744. The lowest BCUT2D eigenvalue weighted by atomic mass is 9.98. The first kappa shape index (κ1) is 16.9. The van der Waals surface area contributed by atoms with Crippen LogP contribution >= 0.6 is 0 Å². The van der Waals surface area contributed by atoms with E-state index in [1.807, 2.05) is 0 Å². The minimum absolute atomic E-state index is 0.0991. The van der Waals surface area contributed by atoms with Gasteiger partial charge >= 0.3 is 5.97 Å². The van der Waals surface area contributed by atoms with Crippen LogP contribution in [0.4, 0.5) is 0 Å². The molecule has 0 bridgehead atoms. The molecular formula is C12H22N2O5S. The summed E-state index contributed by atoms with van der Waals surface area (Å²) < 4.78 is 25.3. The van der Waals surface area contributed by atoms with Gasteiger partial charge in [-0.25, -0.2) is 12.7 Å². The van der Waals surface area contributed by atoms with Gasteiger partial charge in [0, 0.05) is 26.2 Å². The van der Waals surface area contributed by atoms with Crippen LogP contribution < -0.4 is 0 Å². The fourth-order valence-electron chi connectivity index (χ4n) is 2.36. The van der Waals surface area contributed by atoms with Crippen molar-refractivity contribution < 1.29 is 23.1 Å². The second kappa shape index (κ2) is 7.03. The molecule has 116 valence electrons. The second-order valence-electron chi connectivity index (χ2n) is 4.86. The number of hydrogen-bond donors (Lipinski definition) is 1. The molecule has 0 spiro atoms. The van der Waals surface area contributed by atoms with E-state index in [0.29, 0.717) is 32.5 Å². The van der Waals surface area contributed by atoms with Crippen LogP contribution in [-0.2, 0) is 19.6 Å². The fourth-order valence-corrected chi connectivity index (χ4v) is 3.82. The second-order valence-corrected chi connectivity index (χ2v) is 6.83. The summed E-state index contributed by atoms with van der Waals surface area (Å²) in [5.74, 6) is -2.62. The van der Waals surface area contributed by atoms with E-state index in [0.717, 1.165) is 0 Å². The highest BCUT2D eigenvalue weighted by Crippen LogP contribution is 2.17. The number of carbonyl (C=O) groups is 2. The fraction of sp³-hybridized carbons (Fsp3) is 0.833. The third kappa shape index (κ3) is 4.17. The van der Waals surface area contributed by atoms with E-state index >= 15 is 0 Å². The van der Waals surface area contributed by atoms with Crippen LogP contribution in [0, 0.1) is 5.92 Å². The number of carboxylic acids is 1. The molecule has 0 unspecified atom stereocenters. The maximum atomic E-state index is 12.0. The molecule has 7 nitrogen and oxygen atoms in total. The standard InChI is InChI=1S/C12H22N2O5S/c1-3-14(4-2)20(18,19)9-11(15)13-7-5-6-10(8-13)12(16)17/h10H,3-9H2,1-2H3,(H,16,17)/t10-/m1/s1. The number of piperidine rings is 1. The Kier molecular flexibility index (Phi) is 5.94. The molecule has 0 aromatic carbocycles. The number of amides is 1. The summed E-state index contributed by atoms with van der Waals surface area (Å²) in [5, 5.41) is 8.97. The number of sulfonamides is 1. The summed E-state index contributed by atoms with van der Waals surface area (Å²) in [5.41, 5.74) is 0. The van der Waals surface area contributed by atoms with Gasteiger partial charge in [-0.1, -0.05) is 13.8 Å². The molecule has 1 aliphatic heterocycles. The SMILES string of the molecule is CCN(CC)S(=O)(=O)CC(=O)N1CCC[C@@H](C(=O)O)C1. The van der Waals surface area contributed by atoms with E-state index < -0.39 is 33.6 Å². The zero-order valence-electron chi connectivity index (χ0n) is 11.9. The number of nitrogens with zero attached hydrogens (tertiary/aromatic N) is 2. The van der Waals surface area contributed by atoms with Crippen LogP contribution in [0.25, 0.3) is 0 Å². The first-order valence-electron chi connectivity index (χ1n) is 6.80. The van der Waals surface area contributed by atoms with Crippen LogP contribution in [0.15, 0.2) is 0 Å². The van der Waals surface area contributed by atoms with E-state index in [4.69, 9.17) is 5.11 Å². The predicted molar refractivity (Wildman–Crippen MR) is 73.6 cm³/mol. The van der Waals surface area contributed by atoms with E-state index in [1.54, 1.807) is 13.8 Å². The Balaban J connectivity index is 2.69. The number of carbonyl (C=O) groups excluding carboxylic acids is 1. The predicted octanol–water partition coefficient (Wildman–Crippen LogP) is -0.0188. The largest absolute Gasteiger partial charge is 0.481 e. The Morgan fingerprint density at radius 3 is 2.40 bits per heavy atom. The molecule has 1 heterocycles. The summed E-state index contributed by atoms with van der Waals surface area (Å²) in [4.78, 5) is 24.3. The van der Waals surface area contributed by atoms with Crippen molar-refractivity contribution in [2.75, 3.05) is 31.9 Å². The average Bonchev–Trinajstić information content (AvgIpc) is 2.39. The molecule has 0 radical (unpaired) electrons. The van der Waals surface area contributed by atoms with E-state index in [-0.39, 0.29) is 6.54 Å². The molecular weight excluding hydrogens is 284 g/mol. The lowest BCUT2D eigenvalue weighted by Gasteiger charge is -2.31. The van der Waals surface area contributed by atoms with Gasteiger partial charge in [-0.15, -0.1) is 0 Å². The molecule has 0 aromatic rings.